The SMILES string of the molecule is CCC(C(=O)N1CCOC(C)(C)C1)C(N)=NO. The van der Waals surface area contributed by atoms with Crippen molar-refractivity contribution in [3.63, 3.8) is 0 Å². The molecule has 1 rings (SSSR count). The molecule has 1 aliphatic heterocycles. The van der Waals surface area contributed by atoms with E-state index in [0.717, 1.165) is 0 Å². The highest BCUT2D eigenvalue weighted by atomic mass is 16.5. The Labute approximate surface area is 101 Å². The molecular formula is C11H21N3O3. The van der Waals surface area contributed by atoms with Crippen LogP contribution in [0.15, 0.2) is 5.16 Å². The fourth-order valence-corrected chi connectivity index (χ4v) is 2.00. The minimum absolute atomic E-state index is 0.0261. The summed E-state index contributed by atoms with van der Waals surface area (Å²) in [6.45, 7) is 7.32. The topological polar surface area (TPSA) is 88.2 Å². The zero-order valence-electron chi connectivity index (χ0n) is 10.6. The molecule has 0 spiro atoms. The second-order valence-corrected chi connectivity index (χ2v) is 4.85. The third kappa shape index (κ3) is 3.33. The summed E-state index contributed by atoms with van der Waals surface area (Å²) in [5, 5.41) is 11.6. The van der Waals surface area contributed by atoms with Crippen LogP contribution in [0.5, 0.6) is 0 Å². The summed E-state index contributed by atoms with van der Waals surface area (Å²) in [7, 11) is 0. The van der Waals surface area contributed by atoms with E-state index >= 15 is 0 Å². The Kier molecular flexibility index (Phi) is 4.34. The summed E-state index contributed by atoms with van der Waals surface area (Å²) in [6.07, 6.45) is 0.520. The Bertz CT molecular complexity index is 315. The van der Waals surface area contributed by atoms with Gasteiger partial charge in [-0.05, 0) is 20.3 Å². The number of ether oxygens (including phenoxy) is 1. The van der Waals surface area contributed by atoms with Crippen LogP contribution >= 0.6 is 0 Å². The number of carbonyl (C=O) groups is 1. The molecule has 1 atom stereocenters. The van der Waals surface area contributed by atoms with Gasteiger partial charge < -0.3 is 20.6 Å². The van der Waals surface area contributed by atoms with Crippen LogP contribution in [0.2, 0.25) is 0 Å². The maximum absolute atomic E-state index is 12.2. The molecule has 0 aromatic carbocycles. The Hall–Kier alpha value is -1.30. The van der Waals surface area contributed by atoms with Crippen molar-refractivity contribution in [3.8, 4) is 0 Å². The molecule has 1 aliphatic rings. The number of nitrogens with zero attached hydrogens (tertiary/aromatic N) is 2. The van der Waals surface area contributed by atoms with Crippen LogP contribution in [-0.2, 0) is 9.53 Å². The molecule has 0 bridgehead atoms. The maximum Gasteiger partial charge on any atom is 0.233 e. The Morgan fingerprint density at radius 1 is 1.65 bits per heavy atom. The van der Waals surface area contributed by atoms with Crippen molar-refractivity contribution in [2.75, 3.05) is 19.7 Å². The smallest absolute Gasteiger partial charge is 0.233 e. The summed E-state index contributed by atoms with van der Waals surface area (Å²) >= 11 is 0. The Balaban J connectivity index is 2.74. The van der Waals surface area contributed by atoms with Crippen molar-refractivity contribution >= 4 is 11.7 Å². The zero-order chi connectivity index (χ0) is 13.1. The number of hydrogen-bond acceptors (Lipinski definition) is 4. The van der Waals surface area contributed by atoms with Crippen LogP contribution in [0.4, 0.5) is 0 Å². The standard InChI is InChI=1S/C11H21N3O3/c1-4-8(9(12)13-16)10(15)14-5-6-17-11(2,3)7-14/h8,16H,4-7H2,1-3H3,(H2,12,13). The van der Waals surface area contributed by atoms with Gasteiger partial charge in [-0.15, -0.1) is 0 Å². The lowest BCUT2D eigenvalue weighted by atomic mass is 10.0. The van der Waals surface area contributed by atoms with Crippen LogP contribution in [0.25, 0.3) is 0 Å². The number of rotatable bonds is 3. The van der Waals surface area contributed by atoms with E-state index in [9.17, 15) is 4.79 Å². The predicted molar refractivity (Wildman–Crippen MR) is 63.8 cm³/mol. The Morgan fingerprint density at radius 2 is 2.29 bits per heavy atom. The van der Waals surface area contributed by atoms with Gasteiger partial charge in [0, 0.05) is 13.1 Å². The lowest BCUT2D eigenvalue weighted by Gasteiger charge is -2.39. The van der Waals surface area contributed by atoms with Crippen molar-refractivity contribution in [2.24, 2.45) is 16.8 Å². The lowest BCUT2D eigenvalue weighted by molar-refractivity contribution is -0.148. The van der Waals surface area contributed by atoms with Crippen molar-refractivity contribution < 1.29 is 14.7 Å². The molecule has 1 unspecified atom stereocenters. The summed E-state index contributed by atoms with van der Waals surface area (Å²) in [6, 6.07) is 0. The van der Waals surface area contributed by atoms with Gasteiger partial charge in [-0.3, -0.25) is 4.79 Å². The van der Waals surface area contributed by atoms with Crippen molar-refractivity contribution in [1.29, 1.82) is 0 Å². The molecule has 6 nitrogen and oxygen atoms in total. The number of carbonyl (C=O) groups excluding carboxylic acids is 1. The molecule has 1 amide bonds. The Morgan fingerprint density at radius 3 is 2.76 bits per heavy atom. The molecule has 6 heteroatoms. The molecule has 1 fully saturated rings. The molecule has 0 saturated carbocycles. The second kappa shape index (κ2) is 5.35. The van der Waals surface area contributed by atoms with Crippen LogP contribution in [0.1, 0.15) is 27.2 Å². The highest BCUT2D eigenvalue weighted by Gasteiger charge is 2.34. The molecule has 0 aromatic heterocycles. The molecular weight excluding hydrogens is 222 g/mol. The van der Waals surface area contributed by atoms with Gasteiger partial charge in [0.15, 0.2) is 5.84 Å². The average molecular weight is 243 g/mol. The third-order valence-corrected chi connectivity index (χ3v) is 2.92. The van der Waals surface area contributed by atoms with E-state index < -0.39 is 5.92 Å². The van der Waals surface area contributed by atoms with E-state index in [2.05, 4.69) is 5.16 Å². The number of amidine groups is 1. The van der Waals surface area contributed by atoms with Gasteiger partial charge in [0.1, 0.15) is 0 Å². The molecule has 1 saturated heterocycles. The highest BCUT2D eigenvalue weighted by Crippen LogP contribution is 2.19. The van der Waals surface area contributed by atoms with Crippen molar-refractivity contribution in [2.45, 2.75) is 32.8 Å². The van der Waals surface area contributed by atoms with Crippen molar-refractivity contribution in [1.82, 2.24) is 4.90 Å². The molecule has 0 aromatic rings. The quantitative estimate of drug-likeness (QED) is 0.325. The number of nitrogens with two attached hydrogens (primary N) is 1. The minimum atomic E-state index is -0.547. The average Bonchev–Trinajstić information content (AvgIpc) is 2.28. The van der Waals surface area contributed by atoms with Crippen LogP contribution in [0, 0.1) is 5.92 Å². The molecule has 0 aliphatic carbocycles. The normalized spacial score (nSPS) is 22.3. The van der Waals surface area contributed by atoms with Crippen LogP contribution in [-0.4, -0.2) is 47.1 Å². The summed E-state index contributed by atoms with van der Waals surface area (Å²) in [4.78, 5) is 13.9. The van der Waals surface area contributed by atoms with E-state index in [1.54, 1.807) is 4.90 Å². The van der Waals surface area contributed by atoms with E-state index in [0.29, 0.717) is 26.1 Å². The van der Waals surface area contributed by atoms with Gasteiger partial charge in [0.25, 0.3) is 0 Å². The van der Waals surface area contributed by atoms with Gasteiger partial charge in [-0.1, -0.05) is 12.1 Å². The fourth-order valence-electron chi connectivity index (χ4n) is 2.00. The third-order valence-electron chi connectivity index (χ3n) is 2.92. The summed E-state index contributed by atoms with van der Waals surface area (Å²) in [5.74, 6) is -0.671. The first-order valence-corrected chi connectivity index (χ1v) is 5.81. The van der Waals surface area contributed by atoms with Crippen LogP contribution < -0.4 is 5.73 Å². The molecule has 17 heavy (non-hydrogen) atoms. The first-order chi connectivity index (χ1) is 7.91. The van der Waals surface area contributed by atoms with Gasteiger partial charge in [-0.25, -0.2) is 0 Å². The van der Waals surface area contributed by atoms with Crippen molar-refractivity contribution in [3.05, 3.63) is 0 Å². The number of hydrogen-bond donors (Lipinski definition) is 2. The largest absolute Gasteiger partial charge is 0.409 e. The van der Waals surface area contributed by atoms with Gasteiger partial charge in [-0.2, -0.15) is 0 Å². The van der Waals surface area contributed by atoms with Gasteiger partial charge in [0.2, 0.25) is 5.91 Å². The zero-order valence-corrected chi connectivity index (χ0v) is 10.6. The first kappa shape index (κ1) is 13.8. The van der Waals surface area contributed by atoms with Gasteiger partial charge in [0.05, 0.1) is 18.1 Å². The molecule has 1 heterocycles. The van der Waals surface area contributed by atoms with Gasteiger partial charge >= 0.3 is 0 Å². The monoisotopic (exact) mass is 243 g/mol. The van der Waals surface area contributed by atoms with E-state index in [1.165, 1.54) is 0 Å². The summed E-state index contributed by atoms with van der Waals surface area (Å²) in [5.41, 5.74) is 5.19. The number of morpholine rings is 1. The fraction of sp³-hybridized carbons (Fsp3) is 0.818. The van der Waals surface area contributed by atoms with Crippen LogP contribution in [0.3, 0.4) is 0 Å². The van der Waals surface area contributed by atoms with E-state index in [4.69, 9.17) is 15.7 Å². The highest BCUT2D eigenvalue weighted by molar-refractivity contribution is 6.02. The maximum atomic E-state index is 12.2. The minimum Gasteiger partial charge on any atom is -0.409 e. The summed E-state index contributed by atoms with van der Waals surface area (Å²) < 4.78 is 5.54. The van der Waals surface area contributed by atoms with E-state index in [1.807, 2.05) is 20.8 Å². The number of oxime groups is 1. The lowest BCUT2D eigenvalue weighted by Crippen LogP contribution is -2.53. The number of amides is 1. The first-order valence-electron chi connectivity index (χ1n) is 5.81. The molecule has 98 valence electrons. The van der Waals surface area contributed by atoms with E-state index in [-0.39, 0.29) is 17.3 Å². The molecule has 3 N–H and O–H groups in total. The predicted octanol–water partition coefficient (Wildman–Crippen LogP) is 0.396. The molecule has 0 radical (unpaired) electrons. The second-order valence-electron chi connectivity index (χ2n) is 4.85.